The lowest BCUT2D eigenvalue weighted by Gasteiger charge is -2.26. The number of ether oxygens (including phenoxy) is 2. The summed E-state index contributed by atoms with van der Waals surface area (Å²) in [4.78, 5) is 25.9. The van der Waals surface area contributed by atoms with Crippen LogP contribution in [0.2, 0.25) is 0 Å². The van der Waals surface area contributed by atoms with Crippen LogP contribution in [0, 0.1) is 6.92 Å². The fourth-order valence-electron chi connectivity index (χ4n) is 4.50. The molecule has 3 aromatic rings. The van der Waals surface area contributed by atoms with Crippen LogP contribution >= 0.6 is 0 Å². The van der Waals surface area contributed by atoms with Gasteiger partial charge in [0.1, 0.15) is 0 Å². The minimum Gasteiger partial charge on any atom is -0.454 e. The molecular weight excluding hydrogens is 472 g/mol. The Morgan fingerprint density at radius 2 is 1.68 bits per heavy atom. The topological polar surface area (TPSA) is 117 Å². The Morgan fingerprint density at radius 3 is 2.35 bits per heavy atom. The summed E-state index contributed by atoms with van der Waals surface area (Å²) in [6.07, 6.45) is 1.54. The molecule has 200 valence electrons. The fourth-order valence-corrected chi connectivity index (χ4v) is 4.50. The molecule has 0 aromatic heterocycles. The summed E-state index contributed by atoms with van der Waals surface area (Å²) in [5.41, 5.74) is 3.23. The van der Waals surface area contributed by atoms with E-state index in [9.17, 15) is 19.8 Å². The van der Waals surface area contributed by atoms with E-state index >= 15 is 0 Å². The molecule has 2 aliphatic rings. The Kier molecular flexibility index (Phi) is 6.39. The first-order valence-electron chi connectivity index (χ1n) is 12.2. The van der Waals surface area contributed by atoms with E-state index in [1.165, 1.54) is 0 Å². The molecule has 0 spiro atoms. The normalized spacial score (nSPS) is 15.2. The maximum Gasteiger partial charge on any atom is 0.251 e. The molecule has 5 rings (SSSR count). The van der Waals surface area contributed by atoms with Gasteiger partial charge < -0.3 is 30.3 Å². The van der Waals surface area contributed by atoms with Gasteiger partial charge in [-0.05, 0) is 85.3 Å². The van der Waals surface area contributed by atoms with Gasteiger partial charge >= 0.3 is 0 Å². The number of hydrogen-bond donors (Lipinski definition) is 4. The zero-order valence-corrected chi connectivity index (χ0v) is 20.8. The van der Waals surface area contributed by atoms with Crippen LogP contribution in [0.15, 0.2) is 60.7 Å². The molecule has 1 saturated carbocycles. The minimum absolute atomic E-state index is 0. The molecule has 0 bridgehead atoms. The summed E-state index contributed by atoms with van der Waals surface area (Å²) in [7, 11) is 0. The number of nitrogens with one attached hydrogen (secondary N) is 2. The van der Waals surface area contributed by atoms with E-state index in [4.69, 9.17) is 9.47 Å². The second kappa shape index (κ2) is 9.53. The standard InChI is InChI=1S/C29H30N2O6.4H2/c1-18-3-9-22(30-27(35)29(11-12-29)21-8-10-24-25(13-21)37-17-36-24)14-23(18)19-4-6-20(7-5-19)26(34)31-28(2,15-32)16-33;;;;/h3-10,13-14,32-33H,11-12,15-17H2,1-2H3,(H,30,35)(H,31,34);4*1H. The van der Waals surface area contributed by atoms with Gasteiger partial charge in [-0.25, -0.2) is 0 Å². The molecule has 0 radical (unpaired) electrons. The Labute approximate surface area is 221 Å². The summed E-state index contributed by atoms with van der Waals surface area (Å²) in [5, 5.41) is 24.6. The number of carbonyl (C=O) groups excluding carboxylic acids is 2. The van der Waals surface area contributed by atoms with E-state index in [1.807, 2.05) is 55.5 Å². The fraction of sp³-hybridized carbons (Fsp3) is 0.310. The van der Waals surface area contributed by atoms with E-state index in [-0.39, 0.29) is 37.5 Å². The van der Waals surface area contributed by atoms with Gasteiger partial charge in [0.2, 0.25) is 12.7 Å². The lowest BCUT2D eigenvalue weighted by Crippen LogP contribution is -2.51. The lowest BCUT2D eigenvalue weighted by atomic mass is 9.94. The Morgan fingerprint density at radius 1 is 0.973 bits per heavy atom. The van der Waals surface area contributed by atoms with E-state index in [0.717, 1.165) is 35.1 Å². The van der Waals surface area contributed by atoms with Crippen LogP contribution in [0.5, 0.6) is 11.5 Å². The summed E-state index contributed by atoms with van der Waals surface area (Å²) in [6.45, 7) is 3.01. The lowest BCUT2D eigenvalue weighted by molar-refractivity contribution is -0.118. The van der Waals surface area contributed by atoms with Crippen LogP contribution in [-0.2, 0) is 10.2 Å². The highest BCUT2D eigenvalue weighted by Crippen LogP contribution is 2.51. The van der Waals surface area contributed by atoms with Crippen LogP contribution in [0.1, 0.15) is 47.0 Å². The number of fused-ring (bicyclic) bond motifs is 1. The quantitative estimate of drug-likeness (QED) is 0.354. The highest BCUT2D eigenvalue weighted by Gasteiger charge is 2.51. The highest BCUT2D eigenvalue weighted by molar-refractivity contribution is 6.02. The van der Waals surface area contributed by atoms with Gasteiger partial charge in [-0.15, -0.1) is 0 Å². The highest BCUT2D eigenvalue weighted by atomic mass is 16.7. The van der Waals surface area contributed by atoms with Crippen molar-refractivity contribution < 1.29 is 35.0 Å². The number of amides is 2. The number of carbonyl (C=O) groups is 2. The van der Waals surface area contributed by atoms with Crippen molar-refractivity contribution in [2.24, 2.45) is 0 Å². The zero-order chi connectivity index (χ0) is 26.2. The number of benzene rings is 3. The zero-order valence-electron chi connectivity index (χ0n) is 20.8. The Bertz CT molecular complexity index is 1360. The second-order valence-electron chi connectivity index (χ2n) is 10.0. The molecule has 8 heteroatoms. The van der Waals surface area contributed by atoms with Crippen molar-refractivity contribution in [3.8, 4) is 22.6 Å². The molecule has 1 aliphatic heterocycles. The maximum atomic E-state index is 13.4. The molecule has 2 amide bonds. The summed E-state index contributed by atoms with van der Waals surface area (Å²) in [5.74, 6) is 0.934. The molecule has 37 heavy (non-hydrogen) atoms. The number of aryl methyl sites for hydroxylation is 1. The predicted molar refractivity (Wildman–Crippen MR) is 147 cm³/mol. The third kappa shape index (κ3) is 4.77. The maximum absolute atomic E-state index is 13.4. The average molecular weight is 511 g/mol. The number of anilines is 1. The third-order valence-corrected chi connectivity index (χ3v) is 7.18. The summed E-state index contributed by atoms with van der Waals surface area (Å²) in [6, 6.07) is 18.5. The van der Waals surface area contributed by atoms with Gasteiger partial charge in [0.05, 0.1) is 24.2 Å². The summed E-state index contributed by atoms with van der Waals surface area (Å²) >= 11 is 0. The van der Waals surface area contributed by atoms with E-state index in [0.29, 0.717) is 22.7 Å². The van der Waals surface area contributed by atoms with Crippen molar-refractivity contribution >= 4 is 17.5 Å². The molecule has 1 aliphatic carbocycles. The molecule has 0 unspecified atom stereocenters. The van der Waals surface area contributed by atoms with Crippen molar-refractivity contribution in [1.29, 1.82) is 0 Å². The number of aliphatic hydroxyl groups is 2. The number of rotatable bonds is 8. The molecule has 0 atom stereocenters. The van der Waals surface area contributed by atoms with Crippen LogP contribution in [0.3, 0.4) is 0 Å². The number of hydrogen-bond acceptors (Lipinski definition) is 6. The average Bonchev–Trinajstić information content (AvgIpc) is 3.60. The molecule has 0 saturated heterocycles. The Hall–Kier alpha value is -3.88. The molecule has 1 heterocycles. The second-order valence-corrected chi connectivity index (χ2v) is 10.0. The largest absolute Gasteiger partial charge is 0.454 e. The molecule has 8 nitrogen and oxygen atoms in total. The molecule has 1 fully saturated rings. The SMILES string of the molecule is Cc1ccc(NC(=O)C2(c3ccc4c(c3)OCO4)CC2)cc1-c1ccc(C(=O)NC(C)(CO)CO)cc1.[HH].[HH].[HH].[HH]. The van der Waals surface area contributed by atoms with Crippen LogP contribution < -0.4 is 20.1 Å². The van der Waals surface area contributed by atoms with Gasteiger partial charge in [-0.3, -0.25) is 9.59 Å². The van der Waals surface area contributed by atoms with Crippen molar-refractivity contribution in [3.63, 3.8) is 0 Å². The first-order chi connectivity index (χ1) is 17.8. The summed E-state index contributed by atoms with van der Waals surface area (Å²) < 4.78 is 10.9. The molecular formula is C29H38N2O6. The first-order valence-corrected chi connectivity index (χ1v) is 12.2. The van der Waals surface area contributed by atoms with Crippen molar-refractivity contribution in [2.45, 2.75) is 37.6 Å². The molecule has 4 N–H and O–H groups in total. The van der Waals surface area contributed by atoms with E-state index < -0.39 is 11.0 Å². The number of aliphatic hydroxyl groups excluding tert-OH is 2. The van der Waals surface area contributed by atoms with Gasteiger partial charge in [-0.1, -0.05) is 24.3 Å². The monoisotopic (exact) mass is 510 g/mol. The van der Waals surface area contributed by atoms with Crippen LogP contribution in [0.25, 0.3) is 11.1 Å². The minimum atomic E-state index is -1.10. The van der Waals surface area contributed by atoms with Crippen molar-refractivity contribution in [2.75, 3.05) is 25.3 Å². The smallest absolute Gasteiger partial charge is 0.251 e. The van der Waals surface area contributed by atoms with Crippen molar-refractivity contribution in [1.82, 2.24) is 5.32 Å². The predicted octanol–water partition coefficient (Wildman–Crippen LogP) is 4.52. The van der Waals surface area contributed by atoms with Gasteiger partial charge in [0.15, 0.2) is 11.5 Å². The third-order valence-electron chi connectivity index (χ3n) is 7.18. The molecule has 3 aromatic carbocycles. The van der Waals surface area contributed by atoms with Gasteiger partial charge in [0, 0.05) is 17.0 Å². The van der Waals surface area contributed by atoms with E-state index in [1.54, 1.807) is 19.1 Å². The Balaban J connectivity index is 0.00000210. The van der Waals surface area contributed by atoms with Crippen molar-refractivity contribution in [3.05, 3.63) is 77.4 Å². The van der Waals surface area contributed by atoms with E-state index in [2.05, 4.69) is 10.6 Å². The van der Waals surface area contributed by atoms with Crippen LogP contribution in [-0.4, -0.2) is 47.6 Å². The van der Waals surface area contributed by atoms with Gasteiger partial charge in [0.25, 0.3) is 5.91 Å². The van der Waals surface area contributed by atoms with Crippen LogP contribution in [0.4, 0.5) is 5.69 Å². The first kappa shape index (κ1) is 24.8. The van der Waals surface area contributed by atoms with Gasteiger partial charge in [-0.2, -0.15) is 0 Å².